The Kier molecular flexibility index (Phi) is 15.2. The molecule has 55 heavy (non-hydrogen) atoms. The van der Waals surface area contributed by atoms with Crippen molar-refractivity contribution < 1.29 is 47.0 Å². The molecular weight excluding hydrogens is 740 g/mol. The minimum Gasteiger partial charge on any atom is -0.481 e. The van der Waals surface area contributed by atoms with Crippen molar-refractivity contribution in [3.63, 3.8) is 0 Å². The fourth-order valence-corrected chi connectivity index (χ4v) is 8.08. The van der Waals surface area contributed by atoms with Crippen LogP contribution in [0.4, 0.5) is 13.2 Å². The molecular formula is C39H54F3N5O7S. The Morgan fingerprint density at radius 3 is 2.27 bits per heavy atom. The number of piperidine rings is 1. The summed E-state index contributed by atoms with van der Waals surface area (Å²) in [4.78, 5) is 73.4. The number of nitrogens with zero attached hydrogens (tertiary/aromatic N) is 3. The number of ether oxygens (including phenoxy) is 1. The highest BCUT2D eigenvalue weighted by Crippen LogP contribution is 2.36. The van der Waals surface area contributed by atoms with Gasteiger partial charge in [0.15, 0.2) is 6.10 Å². The van der Waals surface area contributed by atoms with Crippen LogP contribution in [0.15, 0.2) is 29.6 Å². The molecule has 2 aliphatic rings. The van der Waals surface area contributed by atoms with Crippen molar-refractivity contribution in [2.75, 3.05) is 20.1 Å². The number of nitrogens with one attached hydrogen (secondary N) is 2. The van der Waals surface area contributed by atoms with Crippen molar-refractivity contribution in [2.24, 2.45) is 17.8 Å². The fourth-order valence-electron chi connectivity index (χ4n) is 7.24. The summed E-state index contributed by atoms with van der Waals surface area (Å²) in [6.07, 6.45) is -0.789. The lowest BCUT2D eigenvalue weighted by molar-refractivity contribution is -0.149. The second-order valence-electron chi connectivity index (χ2n) is 15.2. The molecule has 1 aliphatic heterocycles. The summed E-state index contributed by atoms with van der Waals surface area (Å²) in [6.45, 7) is 10.2. The van der Waals surface area contributed by atoms with E-state index in [0.717, 1.165) is 68.7 Å². The van der Waals surface area contributed by atoms with Gasteiger partial charge in [-0.15, -0.1) is 11.3 Å². The molecule has 1 aromatic carbocycles. The van der Waals surface area contributed by atoms with Crippen LogP contribution in [0.5, 0.6) is 0 Å². The van der Waals surface area contributed by atoms with Crippen molar-refractivity contribution in [3.05, 3.63) is 51.5 Å². The van der Waals surface area contributed by atoms with Crippen LogP contribution in [0.25, 0.3) is 0 Å². The highest BCUT2D eigenvalue weighted by molar-refractivity contribution is 7.09. The molecule has 1 aliphatic carbocycles. The quantitative estimate of drug-likeness (QED) is 0.157. The summed E-state index contributed by atoms with van der Waals surface area (Å²) in [5.74, 6) is -3.58. The lowest BCUT2D eigenvalue weighted by atomic mass is 9.95. The molecule has 0 bridgehead atoms. The van der Waals surface area contributed by atoms with Crippen LogP contribution in [-0.2, 0) is 36.5 Å². The van der Waals surface area contributed by atoms with E-state index in [-0.39, 0.29) is 54.6 Å². The first-order chi connectivity index (χ1) is 25.9. The predicted molar refractivity (Wildman–Crippen MR) is 200 cm³/mol. The summed E-state index contributed by atoms with van der Waals surface area (Å²) in [6, 6.07) is 2.31. The number of likely N-dealkylation sites (N-methyl/N-ethyl adjacent to an activating group) is 2. The third kappa shape index (κ3) is 12.2. The second kappa shape index (κ2) is 19.2. The highest BCUT2D eigenvalue weighted by Gasteiger charge is 2.43. The number of benzene rings is 1. The van der Waals surface area contributed by atoms with Gasteiger partial charge in [-0.05, 0) is 81.1 Å². The number of carbonyl (C=O) groups is 5. The Bertz CT molecular complexity index is 1650. The number of carboxylic acid groups (broad SMARTS) is 1. The Morgan fingerprint density at radius 2 is 1.71 bits per heavy atom. The van der Waals surface area contributed by atoms with Gasteiger partial charge in [0.2, 0.25) is 11.8 Å². The van der Waals surface area contributed by atoms with E-state index in [2.05, 4.69) is 20.5 Å². The van der Waals surface area contributed by atoms with Crippen LogP contribution in [0.2, 0.25) is 0 Å². The van der Waals surface area contributed by atoms with E-state index < -0.39 is 59.7 Å². The molecule has 2 aromatic rings. The Morgan fingerprint density at radius 1 is 1.04 bits per heavy atom. The monoisotopic (exact) mass is 793 g/mol. The molecule has 16 heteroatoms. The van der Waals surface area contributed by atoms with Gasteiger partial charge in [-0.25, -0.2) is 4.98 Å². The minimum atomic E-state index is -4.52. The Hall–Kier alpha value is -4.05. The number of carboxylic acids is 1. The van der Waals surface area contributed by atoms with Gasteiger partial charge in [0, 0.05) is 37.9 Å². The van der Waals surface area contributed by atoms with Crippen molar-refractivity contribution in [1.29, 1.82) is 0 Å². The van der Waals surface area contributed by atoms with E-state index in [1.807, 2.05) is 20.8 Å². The zero-order valence-corrected chi connectivity index (χ0v) is 33.2. The molecule has 3 N–H and O–H groups in total. The lowest BCUT2D eigenvalue weighted by Crippen LogP contribution is -2.57. The zero-order chi connectivity index (χ0) is 40.6. The topological polar surface area (TPSA) is 158 Å². The summed E-state index contributed by atoms with van der Waals surface area (Å²) in [7, 11) is 1.69. The van der Waals surface area contributed by atoms with Gasteiger partial charge in [0.25, 0.3) is 5.91 Å². The number of likely N-dealkylation sites (tertiary alicyclic amines) is 1. The van der Waals surface area contributed by atoms with Crippen LogP contribution in [-0.4, -0.2) is 93.9 Å². The van der Waals surface area contributed by atoms with Crippen LogP contribution < -0.4 is 10.6 Å². The summed E-state index contributed by atoms with van der Waals surface area (Å²) in [5.41, 5.74) is -0.358. The average Bonchev–Trinajstić information content (AvgIpc) is 3.85. The van der Waals surface area contributed by atoms with Gasteiger partial charge in [-0.2, -0.15) is 13.2 Å². The van der Waals surface area contributed by atoms with Gasteiger partial charge in [-0.1, -0.05) is 46.2 Å². The molecule has 1 aromatic heterocycles. The smallest absolute Gasteiger partial charge is 0.416 e. The fraction of sp³-hybridized carbons (Fsp3) is 0.641. The normalized spacial score (nSPS) is 19.1. The van der Waals surface area contributed by atoms with Crippen LogP contribution in [0.1, 0.15) is 112 Å². The number of aliphatic carboxylic acids is 1. The molecule has 0 spiro atoms. The van der Waals surface area contributed by atoms with E-state index in [1.165, 1.54) is 31.4 Å². The molecule has 2 fully saturated rings. The third-order valence-corrected chi connectivity index (χ3v) is 11.5. The van der Waals surface area contributed by atoms with E-state index in [0.29, 0.717) is 10.6 Å². The molecule has 6 atom stereocenters. The van der Waals surface area contributed by atoms with E-state index in [4.69, 9.17) is 4.74 Å². The van der Waals surface area contributed by atoms with Gasteiger partial charge in [-0.3, -0.25) is 28.9 Å². The zero-order valence-electron chi connectivity index (χ0n) is 32.4. The molecule has 1 saturated heterocycles. The number of aromatic nitrogens is 1. The number of thiazole rings is 1. The molecule has 2 heterocycles. The molecule has 4 rings (SSSR count). The summed E-state index contributed by atoms with van der Waals surface area (Å²) >= 11 is 1.09. The molecule has 304 valence electrons. The number of carbonyl (C=O) groups excluding carboxylic acids is 4. The Labute approximate surface area is 324 Å². The maximum absolute atomic E-state index is 14.1. The first-order valence-electron chi connectivity index (χ1n) is 19.0. The number of rotatable bonds is 18. The number of alkyl halides is 3. The van der Waals surface area contributed by atoms with Crippen molar-refractivity contribution in [1.82, 2.24) is 25.4 Å². The number of hydrogen-bond acceptors (Lipinski definition) is 9. The first kappa shape index (κ1) is 43.7. The van der Waals surface area contributed by atoms with Crippen LogP contribution in [0, 0.1) is 17.8 Å². The largest absolute Gasteiger partial charge is 0.481 e. The number of amides is 3. The second-order valence-corrected chi connectivity index (χ2v) is 16.1. The van der Waals surface area contributed by atoms with Gasteiger partial charge >= 0.3 is 18.1 Å². The minimum absolute atomic E-state index is 0.00537. The van der Waals surface area contributed by atoms with Crippen LogP contribution >= 0.6 is 11.3 Å². The van der Waals surface area contributed by atoms with E-state index >= 15 is 0 Å². The number of esters is 1. The maximum Gasteiger partial charge on any atom is 0.416 e. The summed E-state index contributed by atoms with van der Waals surface area (Å²) in [5, 5.41) is 17.2. The molecule has 3 amide bonds. The Balaban J connectivity index is 1.49. The van der Waals surface area contributed by atoms with Crippen molar-refractivity contribution >= 4 is 41.0 Å². The number of halogens is 3. The van der Waals surface area contributed by atoms with Gasteiger partial charge in [0.05, 0.1) is 17.5 Å². The van der Waals surface area contributed by atoms with E-state index in [1.54, 1.807) is 11.9 Å². The van der Waals surface area contributed by atoms with Gasteiger partial charge in [0.1, 0.15) is 16.7 Å². The van der Waals surface area contributed by atoms with Crippen molar-refractivity contribution in [2.45, 2.75) is 122 Å². The molecule has 0 radical (unpaired) electrons. The predicted octanol–water partition coefficient (Wildman–Crippen LogP) is 5.86. The SMILES string of the molecule is CCN1CCCC[C@@H]1C(=O)N[C@H](C(=O)N(C)[C@H](C[C@@H](OC(C)=O)c1nc(C(=O)N[C@@H](Cc2ccc(C(F)(F)F)cc2)C[C@H](C)C(=O)O)cs1)C(C)C)C1CC1. The molecule has 0 unspecified atom stereocenters. The molecule has 12 nitrogen and oxygen atoms in total. The number of hydrogen-bond donors (Lipinski definition) is 3. The van der Waals surface area contributed by atoms with Crippen LogP contribution in [0.3, 0.4) is 0 Å². The van der Waals surface area contributed by atoms with Gasteiger partial charge < -0.3 is 25.4 Å². The summed E-state index contributed by atoms with van der Waals surface area (Å²) < 4.78 is 45.1. The lowest BCUT2D eigenvalue weighted by Gasteiger charge is -2.37. The van der Waals surface area contributed by atoms with Crippen molar-refractivity contribution in [3.8, 4) is 0 Å². The first-order valence-corrected chi connectivity index (χ1v) is 19.9. The standard InChI is InChI=1S/C39H54F3N5O7S/c1-7-47-17-9-8-10-30(47)35(50)45-33(26-13-14-26)37(51)46(6)31(22(2)3)20-32(54-24(5)48)36-44-29(21-55-36)34(49)43-28(18-23(4)38(52)53)19-25-11-15-27(16-12-25)39(40,41)42/h11-12,15-16,21-23,26,28,30-33H,7-10,13-14,17-20H2,1-6H3,(H,43,49)(H,45,50)(H,52,53)/t23-,28+,30+,31+,32+,33-/m0/s1. The third-order valence-electron chi connectivity index (χ3n) is 10.5. The highest BCUT2D eigenvalue weighted by atomic mass is 32.1. The van der Waals surface area contributed by atoms with E-state index in [9.17, 15) is 42.3 Å². The molecule has 1 saturated carbocycles. The maximum atomic E-state index is 14.1. The average molecular weight is 794 g/mol.